The van der Waals surface area contributed by atoms with Gasteiger partial charge in [0.15, 0.2) is 0 Å². The molecule has 0 unspecified atom stereocenters. The molecule has 0 nitrogen and oxygen atoms in total. The minimum atomic E-state index is 0.0156. The van der Waals surface area contributed by atoms with Gasteiger partial charge in [-0.15, -0.1) is 6.42 Å². The lowest BCUT2D eigenvalue weighted by molar-refractivity contribution is 0.170. The van der Waals surface area contributed by atoms with Gasteiger partial charge in [-0.1, -0.05) is 26.7 Å². The number of terminal acetylenes is 1. The van der Waals surface area contributed by atoms with Crippen LogP contribution in [0.25, 0.3) is 0 Å². The normalized spacial score (nSPS) is 12.8. The van der Waals surface area contributed by atoms with E-state index < -0.39 is 0 Å². The summed E-state index contributed by atoms with van der Waals surface area (Å²) in [7, 11) is 0. The standard InChI is InChI=1S/C10H18/c1-7-9(3,4)10(5,6)8-2/h1H,8H2,2-6H3. The Morgan fingerprint density at radius 3 is 1.70 bits per heavy atom. The minimum absolute atomic E-state index is 0.0156. The van der Waals surface area contributed by atoms with Crippen LogP contribution < -0.4 is 0 Å². The van der Waals surface area contributed by atoms with Crippen LogP contribution in [0.15, 0.2) is 0 Å². The lowest BCUT2D eigenvalue weighted by atomic mass is 9.67. The molecule has 0 heterocycles. The van der Waals surface area contributed by atoms with Crippen LogP contribution in [0.1, 0.15) is 41.0 Å². The molecular formula is C10H18. The van der Waals surface area contributed by atoms with Crippen LogP contribution in [0.3, 0.4) is 0 Å². The molecular weight excluding hydrogens is 120 g/mol. The van der Waals surface area contributed by atoms with E-state index in [9.17, 15) is 0 Å². The first-order valence-corrected chi connectivity index (χ1v) is 3.85. The molecule has 0 amide bonds. The zero-order valence-corrected chi connectivity index (χ0v) is 7.78. The quantitative estimate of drug-likeness (QED) is 0.514. The summed E-state index contributed by atoms with van der Waals surface area (Å²) in [6.45, 7) is 10.9. The van der Waals surface area contributed by atoms with Crippen molar-refractivity contribution in [2.45, 2.75) is 41.0 Å². The molecule has 0 radical (unpaired) electrons. The lowest BCUT2D eigenvalue weighted by Crippen LogP contribution is -2.30. The van der Waals surface area contributed by atoms with E-state index in [4.69, 9.17) is 6.42 Å². The molecule has 58 valence electrons. The van der Waals surface area contributed by atoms with Crippen LogP contribution in [-0.4, -0.2) is 0 Å². The van der Waals surface area contributed by atoms with Gasteiger partial charge in [0.25, 0.3) is 0 Å². The van der Waals surface area contributed by atoms with Crippen molar-refractivity contribution in [2.75, 3.05) is 0 Å². The Bertz CT molecular complexity index is 144. The molecule has 0 aromatic heterocycles. The SMILES string of the molecule is C#CC(C)(C)C(C)(C)CC. The van der Waals surface area contributed by atoms with Crippen LogP contribution in [0.2, 0.25) is 0 Å². The van der Waals surface area contributed by atoms with Gasteiger partial charge >= 0.3 is 0 Å². The molecule has 0 saturated heterocycles. The molecule has 0 aliphatic heterocycles. The molecule has 0 aliphatic rings. The molecule has 0 aliphatic carbocycles. The van der Waals surface area contributed by atoms with E-state index >= 15 is 0 Å². The minimum Gasteiger partial charge on any atom is -0.120 e. The Balaban J connectivity index is 4.49. The average Bonchev–Trinajstić information content (AvgIpc) is 1.88. The van der Waals surface area contributed by atoms with Gasteiger partial charge in [0.1, 0.15) is 0 Å². The van der Waals surface area contributed by atoms with Crippen LogP contribution in [0, 0.1) is 23.2 Å². The first-order chi connectivity index (χ1) is 4.37. The molecule has 0 heteroatoms. The Morgan fingerprint density at radius 2 is 1.60 bits per heavy atom. The summed E-state index contributed by atoms with van der Waals surface area (Å²) < 4.78 is 0. The van der Waals surface area contributed by atoms with Gasteiger partial charge in [-0.25, -0.2) is 0 Å². The van der Waals surface area contributed by atoms with Gasteiger partial charge in [-0.05, 0) is 25.7 Å². The summed E-state index contributed by atoms with van der Waals surface area (Å²) in [4.78, 5) is 0. The summed E-state index contributed by atoms with van der Waals surface area (Å²) in [6, 6.07) is 0. The maximum Gasteiger partial charge on any atom is 0.0306 e. The van der Waals surface area contributed by atoms with Crippen LogP contribution in [0.5, 0.6) is 0 Å². The second-order valence-corrected chi connectivity index (χ2v) is 4.01. The fourth-order valence-electron chi connectivity index (χ4n) is 0.637. The molecule has 0 saturated carbocycles. The van der Waals surface area contributed by atoms with E-state index in [0.717, 1.165) is 6.42 Å². The topological polar surface area (TPSA) is 0 Å². The molecule has 10 heavy (non-hydrogen) atoms. The van der Waals surface area contributed by atoms with Gasteiger partial charge in [-0.2, -0.15) is 0 Å². The first-order valence-electron chi connectivity index (χ1n) is 3.85. The van der Waals surface area contributed by atoms with E-state index in [1.54, 1.807) is 0 Å². The van der Waals surface area contributed by atoms with E-state index in [1.165, 1.54) is 0 Å². The van der Waals surface area contributed by atoms with Crippen molar-refractivity contribution in [1.29, 1.82) is 0 Å². The second kappa shape index (κ2) is 2.66. The van der Waals surface area contributed by atoms with Gasteiger partial charge in [0.2, 0.25) is 0 Å². The van der Waals surface area contributed by atoms with E-state index in [2.05, 4.69) is 40.5 Å². The van der Waals surface area contributed by atoms with Crippen LogP contribution >= 0.6 is 0 Å². The first kappa shape index (κ1) is 9.56. The summed E-state index contributed by atoms with van der Waals surface area (Å²) in [5.74, 6) is 2.83. The zero-order valence-electron chi connectivity index (χ0n) is 7.78. The van der Waals surface area contributed by atoms with E-state index in [0.29, 0.717) is 0 Å². The zero-order chi connectivity index (χ0) is 8.41. The molecule has 0 bridgehead atoms. The van der Waals surface area contributed by atoms with Crippen molar-refractivity contribution in [1.82, 2.24) is 0 Å². The molecule has 0 rings (SSSR count). The predicted octanol–water partition coefficient (Wildman–Crippen LogP) is 3.08. The molecule has 0 fully saturated rings. The Hall–Kier alpha value is -0.440. The summed E-state index contributed by atoms with van der Waals surface area (Å²) in [6.07, 6.45) is 6.55. The van der Waals surface area contributed by atoms with Crippen LogP contribution in [-0.2, 0) is 0 Å². The van der Waals surface area contributed by atoms with E-state index in [1.807, 2.05) is 0 Å². The number of hydrogen-bond acceptors (Lipinski definition) is 0. The monoisotopic (exact) mass is 138 g/mol. The third-order valence-corrected chi connectivity index (χ3v) is 2.94. The van der Waals surface area contributed by atoms with Gasteiger partial charge in [-0.3, -0.25) is 0 Å². The molecule has 0 aromatic carbocycles. The lowest BCUT2D eigenvalue weighted by Gasteiger charge is -2.36. The van der Waals surface area contributed by atoms with Crippen molar-refractivity contribution in [2.24, 2.45) is 10.8 Å². The Kier molecular flexibility index (Phi) is 2.54. The largest absolute Gasteiger partial charge is 0.120 e. The third-order valence-electron chi connectivity index (χ3n) is 2.94. The highest BCUT2D eigenvalue weighted by Gasteiger charge is 2.33. The van der Waals surface area contributed by atoms with Crippen molar-refractivity contribution in [3.63, 3.8) is 0 Å². The van der Waals surface area contributed by atoms with Crippen molar-refractivity contribution < 1.29 is 0 Å². The third kappa shape index (κ3) is 1.53. The Morgan fingerprint density at radius 1 is 1.20 bits per heavy atom. The second-order valence-electron chi connectivity index (χ2n) is 4.01. The van der Waals surface area contributed by atoms with Crippen molar-refractivity contribution >= 4 is 0 Å². The maximum absolute atomic E-state index is 5.42. The van der Waals surface area contributed by atoms with Crippen molar-refractivity contribution in [3.05, 3.63) is 0 Å². The summed E-state index contributed by atoms with van der Waals surface area (Å²) in [5.41, 5.74) is 0.267. The van der Waals surface area contributed by atoms with Crippen molar-refractivity contribution in [3.8, 4) is 12.3 Å². The van der Waals surface area contributed by atoms with Gasteiger partial charge in [0.05, 0.1) is 0 Å². The summed E-state index contributed by atoms with van der Waals surface area (Å²) in [5, 5.41) is 0. The van der Waals surface area contributed by atoms with E-state index in [-0.39, 0.29) is 10.8 Å². The summed E-state index contributed by atoms with van der Waals surface area (Å²) >= 11 is 0. The highest BCUT2D eigenvalue weighted by atomic mass is 14.4. The fourth-order valence-corrected chi connectivity index (χ4v) is 0.637. The predicted molar refractivity (Wildman–Crippen MR) is 46.7 cm³/mol. The molecule has 0 atom stereocenters. The number of hydrogen-bond donors (Lipinski definition) is 0. The fraction of sp³-hybridized carbons (Fsp3) is 0.800. The Labute approximate surface area is 65.0 Å². The van der Waals surface area contributed by atoms with Gasteiger partial charge < -0.3 is 0 Å². The molecule has 0 N–H and O–H groups in total. The van der Waals surface area contributed by atoms with Crippen LogP contribution in [0.4, 0.5) is 0 Å². The highest BCUT2D eigenvalue weighted by molar-refractivity contribution is 5.07. The van der Waals surface area contributed by atoms with Gasteiger partial charge in [0, 0.05) is 5.41 Å². The molecule has 0 spiro atoms. The molecule has 0 aromatic rings. The average molecular weight is 138 g/mol. The highest BCUT2D eigenvalue weighted by Crippen LogP contribution is 2.40. The number of rotatable bonds is 2. The smallest absolute Gasteiger partial charge is 0.0306 e. The maximum atomic E-state index is 5.42.